The Hall–Kier alpha value is -2.67. The second-order valence-electron chi connectivity index (χ2n) is 7.22. The summed E-state index contributed by atoms with van der Waals surface area (Å²) >= 11 is 0. The Labute approximate surface area is 159 Å². The molecule has 7 heteroatoms. The Kier molecular flexibility index (Phi) is 5.91. The van der Waals surface area contributed by atoms with Crippen LogP contribution in [0.25, 0.3) is 10.9 Å². The predicted molar refractivity (Wildman–Crippen MR) is 106 cm³/mol. The maximum absolute atomic E-state index is 12.3. The summed E-state index contributed by atoms with van der Waals surface area (Å²) in [4.78, 5) is 32.9. The molecule has 3 rings (SSSR count). The number of aromatic nitrogens is 1. The third-order valence-electron chi connectivity index (χ3n) is 4.97. The summed E-state index contributed by atoms with van der Waals surface area (Å²) in [6.07, 6.45) is 0. The number of anilines is 1. The van der Waals surface area contributed by atoms with Gasteiger partial charge in [0.05, 0.1) is 18.1 Å². The van der Waals surface area contributed by atoms with E-state index < -0.39 is 6.04 Å². The van der Waals surface area contributed by atoms with Crippen LogP contribution in [0.4, 0.5) is 5.82 Å². The zero-order valence-corrected chi connectivity index (χ0v) is 15.9. The number of benzene rings is 1. The summed E-state index contributed by atoms with van der Waals surface area (Å²) in [5.41, 5.74) is 6.77. The van der Waals surface area contributed by atoms with Gasteiger partial charge >= 0.3 is 0 Å². The van der Waals surface area contributed by atoms with E-state index in [9.17, 15) is 9.59 Å². The minimum Gasteiger partial charge on any atom is -0.353 e. The number of fused-ring (bicyclic) bond motifs is 1. The van der Waals surface area contributed by atoms with Gasteiger partial charge in [0, 0.05) is 31.6 Å². The number of piperazine rings is 1. The molecule has 1 aromatic heterocycles. The first kappa shape index (κ1) is 19.1. The molecular formula is C20H27N5O2. The molecule has 1 saturated heterocycles. The SMILES string of the molecule is CC(C)[C@H](N)C(=O)NCC(=O)N1CCN(c2ccc3ccccc3n2)CC1. The molecule has 27 heavy (non-hydrogen) atoms. The second kappa shape index (κ2) is 8.35. The summed E-state index contributed by atoms with van der Waals surface area (Å²) in [6.45, 7) is 6.41. The summed E-state index contributed by atoms with van der Waals surface area (Å²) in [6, 6.07) is 11.5. The van der Waals surface area contributed by atoms with Crippen LogP contribution in [0.5, 0.6) is 0 Å². The van der Waals surface area contributed by atoms with Gasteiger partial charge in [-0.15, -0.1) is 0 Å². The summed E-state index contributed by atoms with van der Waals surface area (Å²) in [7, 11) is 0. The van der Waals surface area contributed by atoms with Crippen LogP contribution in [0.1, 0.15) is 13.8 Å². The smallest absolute Gasteiger partial charge is 0.242 e. The maximum atomic E-state index is 12.3. The molecule has 3 N–H and O–H groups in total. The average Bonchev–Trinajstić information content (AvgIpc) is 2.70. The van der Waals surface area contributed by atoms with Gasteiger partial charge < -0.3 is 20.9 Å². The van der Waals surface area contributed by atoms with Gasteiger partial charge in [-0.25, -0.2) is 4.98 Å². The molecule has 0 spiro atoms. The lowest BCUT2D eigenvalue weighted by atomic mass is 10.1. The van der Waals surface area contributed by atoms with Crippen molar-refractivity contribution in [1.82, 2.24) is 15.2 Å². The normalized spacial score (nSPS) is 15.9. The molecule has 1 fully saturated rings. The van der Waals surface area contributed by atoms with E-state index in [0.29, 0.717) is 13.1 Å². The molecule has 1 aliphatic heterocycles. The van der Waals surface area contributed by atoms with Crippen LogP contribution < -0.4 is 16.0 Å². The van der Waals surface area contributed by atoms with E-state index in [-0.39, 0.29) is 24.3 Å². The molecule has 0 bridgehead atoms. The summed E-state index contributed by atoms with van der Waals surface area (Å²) < 4.78 is 0. The standard InChI is InChI=1S/C20H27N5O2/c1-14(2)19(21)20(27)22-13-18(26)25-11-9-24(10-12-25)17-8-7-15-5-3-4-6-16(15)23-17/h3-8,14,19H,9-13,21H2,1-2H3,(H,22,27)/t19-/m0/s1. The molecule has 0 unspecified atom stereocenters. The summed E-state index contributed by atoms with van der Waals surface area (Å²) in [5, 5.41) is 3.76. The van der Waals surface area contributed by atoms with Gasteiger partial charge in [0.2, 0.25) is 11.8 Å². The van der Waals surface area contributed by atoms with Crippen LogP contribution >= 0.6 is 0 Å². The Bertz CT molecular complexity index is 815. The Balaban J connectivity index is 1.52. The topological polar surface area (TPSA) is 91.6 Å². The molecule has 1 aromatic carbocycles. The lowest BCUT2D eigenvalue weighted by Gasteiger charge is -2.35. The lowest BCUT2D eigenvalue weighted by molar-refractivity contribution is -0.133. The Morgan fingerprint density at radius 3 is 2.52 bits per heavy atom. The third kappa shape index (κ3) is 4.54. The van der Waals surface area contributed by atoms with Crippen molar-refractivity contribution >= 4 is 28.5 Å². The lowest BCUT2D eigenvalue weighted by Crippen LogP contribution is -2.53. The number of para-hydroxylation sites is 1. The first-order valence-electron chi connectivity index (χ1n) is 9.37. The van der Waals surface area contributed by atoms with E-state index in [0.717, 1.165) is 29.8 Å². The third-order valence-corrected chi connectivity index (χ3v) is 4.97. The molecule has 2 heterocycles. The molecule has 2 aromatic rings. The highest BCUT2D eigenvalue weighted by Crippen LogP contribution is 2.19. The number of pyridine rings is 1. The highest BCUT2D eigenvalue weighted by atomic mass is 16.2. The van der Waals surface area contributed by atoms with E-state index in [1.165, 1.54) is 0 Å². The number of nitrogens with one attached hydrogen (secondary N) is 1. The number of hydrogen-bond acceptors (Lipinski definition) is 5. The minimum absolute atomic E-state index is 0.00647. The van der Waals surface area contributed by atoms with Crippen LogP contribution in [-0.4, -0.2) is 60.5 Å². The number of nitrogens with zero attached hydrogens (tertiary/aromatic N) is 3. The number of amides is 2. The van der Waals surface area contributed by atoms with Crippen molar-refractivity contribution in [3.05, 3.63) is 36.4 Å². The molecule has 0 aliphatic carbocycles. The molecule has 7 nitrogen and oxygen atoms in total. The van der Waals surface area contributed by atoms with Gasteiger partial charge in [-0.2, -0.15) is 0 Å². The number of nitrogens with two attached hydrogens (primary N) is 1. The number of carbonyl (C=O) groups is 2. The number of carbonyl (C=O) groups excluding carboxylic acids is 2. The summed E-state index contributed by atoms with van der Waals surface area (Å²) in [5.74, 6) is 0.609. The first-order chi connectivity index (χ1) is 13.0. The van der Waals surface area contributed by atoms with Crippen molar-refractivity contribution in [2.75, 3.05) is 37.6 Å². The molecule has 1 aliphatic rings. The molecule has 2 amide bonds. The fourth-order valence-corrected chi connectivity index (χ4v) is 3.11. The van der Waals surface area contributed by atoms with Crippen LogP contribution in [0, 0.1) is 5.92 Å². The van der Waals surface area contributed by atoms with E-state index in [1.54, 1.807) is 4.90 Å². The van der Waals surface area contributed by atoms with E-state index in [4.69, 9.17) is 10.7 Å². The van der Waals surface area contributed by atoms with Crippen LogP contribution in [0.2, 0.25) is 0 Å². The largest absolute Gasteiger partial charge is 0.353 e. The van der Waals surface area contributed by atoms with Crippen molar-refractivity contribution in [1.29, 1.82) is 0 Å². The van der Waals surface area contributed by atoms with Crippen molar-refractivity contribution in [3.63, 3.8) is 0 Å². The fourth-order valence-electron chi connectivity index (χ4n) is 3.11. The maximum Gasteiger partial charge on any atom is 0.242 e. The van der Waals surface area contributed by atoms with E-state index in [1.807, 2.05) is 44.2 Å². The molecule has 0 saturated carbocycles. The Morgan fingerprint density at radius 1 is 1.11 bits per heavy atom. The zero-order valence-electron chi connectivity index (χ0n) is 15.9. The number of hydrogen-bond donors (Lipinski definition) is 2. The minimum atomic E-state index is -0.589. The average molecular weight is 369 g/mol. The van der Waals surface area contributed by atoms with E-state index in [2.05, 4.69) is 16.3 Å². The predicted octanol–water partition coefficient (Wildman–Crippen LogP) is 0.983. The van der Waals surface area contributed by atoms with Crippen molar-refractivity contribution in [2.24, 2.45) is 11.7 Å². The van der Waals surface area contributed by atoms with Gasteiger partial charge in [0.1, 0.15) is 5.82 Å². The van der Waals surface area contributed by atoms with Gasteiger partial charge in [-0.1, -0.05) is 32.0 Å². The van der Waals surface area contributed by atoms with Gasteiger partial charge in [0.15, 0.2) is 0 Å². The highest BCUT2D eigenvalue weighted by molar-refractivity contribution is 5.87. The quantitative estimate of drug-likeness (QED) is 0.820. The first-order valence-corrected chi connectivity index (χ1v) is 9.37. The zero-order chi connectivity index (χ0) is 19.4. The molecular weight excluding hydrogens is 342 g/mol. The Morgan fingerprint density at radius 2 is 1.81 bits per heavy atom. The van der Waals surface area contributed by atoms with Gasteiger partial charge in [0.25, 0.3) is 0 Å². The van der Waals surface area contributed by atoms with Crippen LogP contribution in [0.3, 0.4) is 0 Å². The van der Waals surface area contributed by atoms with Gasteiger partial charge in [-0.3, -0.25) is 9.59 Å². The fraction of sp³-hybridized carbons (Fsp3) is 0.450. The highest BCUT2D eigenvalue weighted by Gasteiger charge is 2.23. The van der Waals surface area contributed by atoms with E-state index >= 15 is 0 Å². The van der Waals surface area contributed by atoms with Crippen molar-refractivity contribution in [2.45, 2.75) is 19.9 Å². The monoisotopic (exact) mass is 369 g/mol. The van der Waals surface area contributed by atoms with Gasteiger partial charge in [-0.05, 0) is 24.1 Å². The second-order valence-corrected chi connectivity index (χ2v) is 7.22. The van der Waals surface area contributed by atoms with Crippen LogP contribution in [-0.2, 0) is 9.59 Å². The van der Waals surface area contributed by atoms with Crippen molar-refractivity contribution in [3.8, 4) is 0 Å². The van der Waals surface area contributed by atoms with Crippen LogP contribution in [0.15, 0.2) is 36.4 Å². The van der Waals surface area contributed by atoms with Crippen molar-refractivity contribution < 1.29 is 9.59 Å². The molecule has 0 radical (unpaired) electrons. The molecule has 1 atom stereocenters. The number of rotatable bonds is 5. The molecule has 144 valence electrons.